The molecule has 154 valence electrons. The summed E-state index contributed by atoms with van der Waals surface area (Å²) in [6.45, 7) is 20.4. The molecule has 4 atom stereocenters. The van der Waals surface area contributed by atoms with Gasteiger partial charge in [-0.1, -0.05) is 71.0 Å². The van der Waals surface area contributed by atoms with Crippen molar-refractivity contribution in [3.05, 3.63) is 48.6 Å². The zero-order valence-corrected chi connectivity index (χ0v) is 19.4. The molecular formula is C23H40O3Si. The van der Waals surface area contributed by atoms with Crippen molar-refractivity contribution in [2.45, 2.75) is 78.0 Å². The molecule has 0 aliphatic rings. The first kappa shape index (κ1) is 24.1. The van der Waals surface area contributed by atoms with E-state index >= 15 is 0 Å². The Morgan fingerprint density at radius 1 is 1.15 bits per heavy atom. The van der Waals surface area contributed by atoms with Gasteiger partial charge in [0.1, 0.15) is 0 Å². The number of aliphatic hydroxyl groups excluding tert-OH is 1. The van der Waals surface area contributed by atoms with Crippen LogP contribution in [0.25, 0.3) is 0 Å². The first-order valence-electron chi connectivity index (χ1n) is 10.1. The van der Waals surface area contributed by atoms with Crippen molar-refractivity contribution in [2.75, 3.05) is 6.61 Å². The van der Waals surface area contributed by atoms with Crippen molar-refractivity contribution >= 4 is 8.32 Å². The molecule has 0 aliphatic heterocycles. The summed E-state index contributed by atoms with van der Waals surface area (Å²) < 4.78 is 12.5. The van der Waals surface area contributed by atoms with E-state index in [1.54, 1.807) is 0 Å². The second-order valence-corrected chi connectivity index (χ2v) is 14.0. The van der Waals surface area contributed by atoms with Crippen LogP contribution < -0.4 is 0 Å². The Labute approximate surface area is 167 Å². The third kappa shape index (κ3) is 7.53. The molecule has 0 aromatic heterocycles. The van der Waals surface area contributed by atoms with Gasteiger partial charge in [-0.05, 0) is 30.1 Å². The first-order chi connectivity index (χ1) is 12.5. The Bertz CT molecular complexity index is 550. The van der Waals surface area contributed by atoms with Gasteiger partial charge in [0.25, 0.3) is 0 Å². The molecule has 0 radical (unpaired) electrons. The molecule has 3 nitrogen and oxygen atoms in total. The number of ether oxygens (including phenoxy) is 1. The Morgan fingerprint density at radius 2 is 1.74 bits per heavy atom. The second kappa shape index (κ2) is 10.6. The predicted octanol–water partition coefficient (Wildman–Crippen LogP) is 5.80. The van der Waals surface area contributed by atoms with Crippen molar-refractivity contribution in [1.82, 2.24) is 0 Å². The molecule has 0 fully saturated rings. The fourth-order valence-electron chi connectivity index (χ4n) is 2.86. The van der Waals surface area contributed by atoms with E-state index in [-0.39, 0.29) is 23.0 Å². The fourth-order valence-corrected chi connectivity index (χ4v) is 4.28. The largest absolute Gasteiger partial charge is 0.413 e. The van der Waals surface area contributed by atoms with Crippen molar-refractivity contribution in [3.8, 4) is 0 Å². The first-order valence-corrected chi connectivity index (χ1v) is 13.0. The van der Waals surface area contributed by atoms with Gasteiger partial charge < -0.3 is 14.3 Å². The standard InChI is InChI=1S/C23H40O3Si/c1-9-13-21(26-27(7,8)23(4,5)6)19(3)22(24)18(2)16-25-17-20-14-11-10-12-15-20/h9-12,14-15,18-19,21-22,24H,1,13,16-17H2,2-8H3/t18-,19-,21+,22+/m0/s1. The van der Waals surface area contributed by atoms with Crippen LogP contribution in [-0.2, 0) is 15.8 Å². The molecule has 27 heavy (non-hydrogen) atoms. The van der Waals surface area contributed by atoms with Crippen LogP contribution in [-0.4, -0.2) is 32.2 Å². The number of hydrogen-bond acceptors (Lipinski definition) is 3. The van der Waals surface area contributed by atoms with Crippen molar-refractivity contribution in [3.63, 3.8) is 0 Å². The highest BCUT2D eigenvalue weighted by Crippen LogP contribution is 2.39. The molecule has 0 spiro atoms. The lowest BCUT2D eigenvalue weighted by Crippen LogP contribution is -2.48. The minimum Gasteiger partial charge on any atom is -0.413 e. The summed E-state index contributed by atoms with van der Waals surface area (Å²) in [4.78, 5) is 0. The second-order valence-electron chi connectivity index (χ2n) is 9.27. The minimum absolute atomic E-state index is 0.0186. The average molecular weight is 393 g/mol. The Balaban J connectivity index is 2.65. The van der Waals surface area contributed by atoms with Crippen molar-refractivity contribution in [2.24, 2.45) is 11.8 Å². The molecule has 1 N–H and O–H groups in total. The van der Waals surface area contributed by atoms with Gasteiger partial charge >= 0.3 is 0 Å². The lowest BCUT2D eigenvalue weighted by molar-refractivity contribution is -0.0299. The Kier molecular flexibility index (Phi) is 9.42. The van der Waals surface area contributed by atoms with Crippen LogP contribution in [0.5, 0.6) is 0 Å². The van der Waals surface area contributed by atoms with Crippen LogP contribution >= 0.6 is 0 Å². The molecule has 4 heteroatoms. The zero-order chi connectivity index (χ0) is 20.7. The highest BCUT2D eigenvalue weighted by molar-refractivity contribution is 6.74. The lowest BCUT2D eigenvalue weighted by Gasteiger charge is -2.42. The molecule has 0 unspecified atom stereocenters. The summed E-state index contributed by atoms with van der Waals surface area (Å²) in [6.07, 6.45) is 2.16. The summed E-state index contributed by atoms with van der Waals surface area (Å²) in [6, 6.07) is 10.1. The maximum Gasteiger partial charge on any atom is 0.192 e. The van der Waals surface area contributed by atoms with Gasteiger partial charge in [-0.2, -0.15) is 0 Å². The van der Waals surface area contributed by atoms with Crippen molar-refractivity contribution < 1.29 is 14.3 Å². The summed E-state index contributed by atoms with van der Waals surface area (Å²) in [5.41, 5.74) is 1.15. The molecular weight excluding hydrogens is 352 g/mol. The average Bonchev–Trinajstić information content (AvgIpc) is 2.59. The molecule has 0 saturated heterocycles. The Morgan fingerprint density at radius 3 is 2.26 bits per heavy atom. The van der Waals surface area contributed by atoms with Crippen LogP contribution in [0.15, 0.2) is 43.0 Å². The van der Waals surface area contributed by atoms with Crippen LogP contribution in [0.4, 0.5) is 0 Å². The number of hydrogen-bond donors (Lipinski definition) is 1. The summed E-state index contributed by atoms with van der Waals surface area (Å²) >= 11 is 0. The van der Waals surface area contributed by atoms with E-state index in [9.17, 15) is 5.11 Å². The van der Waals surface area contributed by atoms with E-state index in [1.165, 1.54) is 0 Å². The highest BCUT2D eigenvalue weighted by atomic mass is 28.4. The summed E-state index contributed by atoms with van der Waals surface area (Å²) in [7, 11) is -1.91. The number of aliphatic hydroxyl groups is 1. The van der Waals surface area contributed by atoms with Gasteiger partial charge in [-0.25, -0.2) is 0 Å². The molecule has 0 aliphatic carbocycles. The molecule has 0 amide bonds. The maximum atomic E-state index is 10.9. The predicted molar refractivity (Wildman–Crippen MR) is 117 cm³/mol. The molecule has 1 rings (SSSR count). The summed E-state index contributed by atoms with van der Waals surface area (Å²) in [5.74, 6) is 0.0616. The van der Waals surface area contributed by atoms with Crippen LogP contribution in [0, 0.1) is 11.8 Å². The summed E-state index contributed by atoms with van der Waals surface area (Å²) in [5, 5.41) is 11.0. The van der Waals surface area contributed by atoms with Gasteiger partial charge in [0, 0.05) is 11.8 Å². The molecule has 0 saturated carbocycles. The molecule has 1 aromatic carbocycles. The van der Waals surface area contributed by atoms with Crippen molar-refractivity contribution in [1.29, 1.82) is 0 Å². The number of rotatable bonds is 11. The van der Waals surface area contributed by atoms with Crippen LogP contribution in [0.2, 0.25) is 18.1 Å². The van der Waals surface area contributed by atoms with E-state index in [1.807, 2.05) is 31.2 Å². The molecule has 0 heterocycles. The highest BCUT2D eigenvalue weighted by Gasteiger charge is 2.41. The smallest absolute Gasteiger partial charge is 0.192 e. The van der Waals surface area contributed by atoms with Gasteiger partial charge in [0.05, 0.1) is 25.4 Å². The molecule has 0 bridgehead atoms. The Hall–Kier alpha value is -0.943. The van der Waals surface area contributed by atoms with Gasteiger partial charge in [-0.15, -0.1) is 6.58 Å². The lowest BCUT2D eigenvalue weighted by atomic mass is 9.88. The SMILES string of the molecule is C=CC[C@@H](O[Si](C)(C)C(C)(C)C)[C@H](C)[C@H](O)[C@@H](C)COCc1ccccc1. The van der Waals surface area contributed by atoms with E-state index < -0.39 is 14.4 Å². The van der Waals surface area contributed by atoms with E-state index in [2.05, 4.69) is 59.5 Å². The molecule has 1 aromatic rings. The van der Waals surface area contributed by atoms with Crippen LogP contribution in [0.3, 0.4) is 0 Å². The van der Waals surface area contributed by atoms with E-state index in [0.717, 1.165) is 12.0 Å². The quantitative estimate of drug-likeness (QED) is 0.382. The van der Waals surface area contributed by atoms with Crippen LogP contribution in [0.1, 0.15) is 46.6 Å². The van der Waals surface area contributed by atoms with Gasteiger partial charge in [0.2, 0.25) is 0 Å². The van der Waals surface area contributed by atoms with Gasteiger partial charge in [0.15, 0.2) is 8.32 Å². The third-order valence-electron chi connectivity index (χ3n) is 5.85. The third-order valence-corrected chi connectivity index (χ3v) is 10.4. The van der Waals surface area contributed by atoms with E-state index in [0.29, 0.717) is 13.2 Å². The monoisotopic (exact) mass is 392 g/mol. The number of benzene rings is 1. The van der Waals surface area contributed by atoms with E-state index in [4.69, 9.17) is 9.16 Å². The fraction of sp³-hybridized carbons (Fsp3) is 0.652. The zero-order valence-electron chi connectivity index (χ0n) is 18.4. The van der Waals surface area contributed by atoms with Gasteiger partial charge in [-0.3, -0.25) is 0 Å². The maximum absolute atomic E-state index is 10.9. The topological polar surface area (TPSA) is 38.7 Å². The minimum atomic E-state index is -1.91. The normalized spacial score (nSPS) is 17.2.